The van der Waals surface area contributed by atoms with Gasteiger partial charge in [0.25, 0.3) is 0 Å². The predicted molar refractivity (Wildman–Crippen MR) is 123 cm³/mol. The number of carboxylic acid groups (broad SMARTS) is 1. The molecule has 0 amide bonds. The number of carbonyl (C=O) groups is 1. The van der Waals surface area contributed by atoms with Crippen LogP contribution in [0.5, 0.6) is 11.5 Å². The molecular weight excluding hydrogens is 410 g/mol. The Morgan fingerprint density at radius 2 is 2.06 bits per heavy atom. The Bertz CT molecular complexity index is 1120. The zero-order chi connectivity index (χ0) is 23.1. The molecule has 168 valence electrons. The van der Waals surface area contributed by atoms with Crippen molar-refractivity contribution in [2.75, 3.05) is 24.9 Å². The molecule has 0 radical (unpaired) electrons. The summed E-state index contributed by atoms with van der Waals surface area (Å²) in [6, 6.07) is 9.10. The van der Waals surface area contributed by atoms with E-state index < -0.39 is 11.5 Å². The van der Waals surface area contributed by atoms with E-state index in [1.807, 2.05) is 12.1 Å². The number of nitrogens with one attached hydrogen (secondary N) is 2. The number of pyridine rings is 1. The average molecular weight is 438 g/mol. The van der Waals surface area contributed by atoms with Gasteiger partial charge < -0.3 is 25.2 Å². The molecule has 9 heteroatoms. The molecule has 3 aromatic rings. The van der Waals surface area contributed by atoms with E-state index in [-0.39, 0.29) is 0 Å². The summed E-state index contributed by atoms with van der Waals surface area (Å²) >= 11 is 0. The van der Waals surface area contributed by atoms with Gasteiger partial charge in [-0.1, -0.05) is 6.08 Å². The molecule has 0 fully saturated rings. The van der Waals surface area contributed by atoms with E-state index in [0.29, 0.717) is 53.7 Å². The second-order valence-corrected chi connectivity index (χ2v) is 7.39. The maximum Gasteiger partial charge on any atom is 0.329 e. The number of allylic oxidation sites excluding steroid dienone is 1. The van der Waals surface area contributed by atoms with E-state index in [1.54, 1.807) is 51.6 Å². The normalized spacial score (nSPS) is 12.6. The van der Waals surface area contributed by atoms with E-state index in [9.17, 15) is 9.90 Å². The Morgan fingerprint density at radius 1 is 1.25 bits per heavy atom. The van der Waals surface area contributed by atoms with Crippen LogP contribution in [0.3, 0.4) is 0 Å². The average Bonchev–Trinajstić information content (AvgIpc) is 2.81. The van der Waals surface area contributed by atoms with E-state index in [2.05, 4.69) is 32.2 Å². The van der Waals surface area contributed by atoms with Gasteiger partial charge in [-0.3, -0.25) is 4.98 Å². The Balaban J connectivity index is 1.93. The van der Waals surface area contributed by atoms with Crippen LogP contribution in [0, 0.1) is 0 Å². The molecule has 1 unspecified atom stereocenters. The van der Waals surface area contributed by atoms with E-state index in [1.165, 1.54) is 0 Å². The number of carboxylic acids is 1. The third-order valence-corrected chi connectivity index (χ3v) is 5.10. The highest BCUT2D eigenvalue weighted by Gasteiger charge is 2.33. The molecule has 32 heavy (non-hydrogen) atoms. The standard InChI is InChI=1S/C23H27N5O4/c1-5-6-11-23(2,21(29)30)28-20-19-17(8-7-12-24-19)26-22(27-20)25-14-15-9-10-16(31-3)13-18(15)32-4/h5,7-10,12-13H,1,6,11,14H2,2-4H3,(H,29,30)(H2,25,26,27,28). The Labute approximate surface area is 186 Å². The first-order valence-electron chi connectivity index (χ1n) is 10.1. The first-order valence-corrected chi connectivity index (χ1v) is 10.1. The lowest BCUT2D eigenvalue weighted by Gasteiger charge is -2.27. The Kier molecular flexibility index (Phi) is 7.09. The van der Waals surface area contributed by atoms with Gasteiger partial charge in [-0.2, -0.15) is 4.98 Å². The zero-order valence-electron chi connectivity index (χ0n) is 18.4. The monoisotopic (exact) mass is 437 g/mol. The minimum absolute atomic E-state index is 0.335. The van der Waals surface area contributed by atoms with Crippen molar-refractivity contribution in [2.24, 2.45) is 0 Å². The van der Waals surface area contributed by atoms with E-state index in [0.717, 1.165) is 5.56 Å². The van der Waals surface area contributed by atoms with Crippen LogP contribution >= 0.6 is 0 Å². The molecule has 0 spiro atoms. The quantitative estimate of drug-likeness (QED) is 0.384. The summed E-state index contributed by atoms with van der Waals surface area (Å²) in [6.07, 6.45) is 4.19. The van der Waals surface area contributed by atoms with Gasteiger partial charge in [-0.25, -0.2) is 9.78 Å². The number of hydrogen-bond acceptors (Lipinski definition) is 8. The number of ether oxygens (including phenoxy) is 2. The van der Waals surface area contributed by atoms with Gasteiger partial charge in [0, 0.05) is 24.4 Å². The van der Waals surface area contributed by atoms with Crippen LogP contribution in [0.2, 0.25) is 0 Å². The third-order valence-electron chi connectivity index (χ3n) is 5.10. The Morgan fingerprint density at radius 3 is 2.75 bits per heavy atom. The van der Waals surface area contributed by atoms with Crippen molar-refractivity contribution in [1.29, 1.82) is 0 Å². The Hall–Kier alpha value is -3.88. The summed E-state index contributed by atoms with van der Waals surface area (Å²) in [7, 11) is 3.19. The van der Waals surface area contributed by atoms with E-state index >= 15 is 0 Å². The minimum atomic E-state index is -1.25. The van der Waals surface area contributed by atoms with Gasteiger partial charge in [0.15, 0.2) is 5.82 Å². The molecule has 0 aliphatic carbocycles. The molecule has 3 rings (SSSR count). The number of aliphatic carboxylic acids is 1. The smallest absolute Gasteiger partial charge is 0.329 e. The highest BCUT2D eigenvalue weighted by atomic mass is 16.5. The highest BCUT2D eigenvalue weighted by Crippen LogP contribution is 2.28. The fourth-order valence-electron chi connectivity index (χ4n) is 3.18. The molecule has 1 aromatic carbocycles. The molecular formula is C23H27N5O4. The van der Waals surface area contributed by atoms with Gasteiger partial charge in [-0.15, -0.1) is 6.58 Å². The van der Waals surface area contributed by atoms with Gasteiger partial charge in [-0.05, 0) is 44.0 Å². The van der Waals surface area contributed by atoms with Crippen LogP contribution in [0.25, 0.3) is 11.0 Å². The molecule has 1 atom stereocenters. The number of rotatable bonds is 11. The number of benzene rings is 1. The van der Waals surface area contributed by atoms with Crippen molar-refractivity contribution in [3.05, 3.63) is 54.7 Å². The van der Waals surface area contributed by atoms with Gasteiger partial charge >= 0.3 is 5.97 Å². The first kappa shape index (κ1) is 22.8. The lowest BCUT2D eigenvalue weighted by molar-refractivity contribution is -0.141. The topological polar surface area (TPSA) is 118 Å². The SMILES string of the molecule is C=CCCC(C)(Nc1nc(NCc2ccc(OC)cc2OC)nc2cccnc12)C(=O)O. The maximum absolute atomic E-state index is 12.0. The van der Waals surface area contributed by atoms with Crippen LogP contribution in [0.1, 0.15) is 25.3 Å². The van der Waals surface area contributed by atoms with Crippen LogP contribution < -0.4 is 20.1 Å². The summed E-state index contributed by atoms with van der Waals surface area (Å²) in [4.78, 5) is 25.4. The van der Waals surface area contributed by atoms with Crippen LogP contribution in [0.4, 0.5) is 11.8 Å². The van der Waals surface area contributed by atoms with Crippen molar-refractivity contribution < 1.29 is 19.4 Å². The largest absolute Gasteiger partial charge is 0.497 e. The second-order valence-electron chi connectivity index (χ2n) is 7.39. The molecule has 0 aliphatic heterocycles. The summed E-state index contributed by atoms with van der Waals surface area (Å²) in [6.45, 7) is 5.70. The van der Waals surface area contributed by atoms with Gasteiger partial charge in [0.05, 0.1) is 19.7 Å². The lowest BCUT2D eigenvalue weighted by atomic mass is 9.96. The van der Waals surface area contributed by atoms with Crippen LogP contribution in [-0.2, 0) is 11.3 Å². The first-order chi connectivity index (χ1) is 15.4. The van der Waals surface area contributed by atoms with Gasteiger partial charge in [0.1, 0.15) is 22.6 Å². The molecule has 0 aliphatic rings. The number of hydrogen-bond donors (Lipinski definition) is 3. The fourth-order valence-corrected chi connectivity index (χ4v) is 3.18. The van der Waals surface area contributed by atoms with Crippen LogP contribution in [-0.4, -0.2) is 45.8 Å². The van der Waals surface area contributed by atoms with Gasteiger partial charge in [0.2, 0.25) is 5.95 Å². The number of nitrogens with zero attached hydrogens (tertiary/aromatic N) is 3. The summed E-state index contributed by atoms with van der Waals surface area (Å²) in [5.41, 5.74) is 0.722. The minimum Gasteiger partial charge on any atom is -0.497 e. The molecule has 0 saturated carbocycles. The number of aromatic nitrogens is 3. The van der Waals surface area contributed by atoms with Crippen molar-refractivity contribution in [3.63, 3.8) is 0 Å². The van der Waals surface area contributed by atoms with Crippen molar-refractivity contribution >= 4 is 28.8 Å². The number of anilines is 2. The predicted octanol–water partition coefficient (Wildman–Crippen LogP) is 3.88. The second kappa shape index (κ2) is 9.95. The summed E-state index contributed by atoms with van der Waals surface area (Å²) in [5.74, 6) is 1.05. The molecule has 2 heterocycles. The molecule has 3 N–H and O–H groups in total. The highest BCUT2D eigenvalue weighted by molar-refractivity contribution is 5.90. The van der Waals surface area contributed by atoms with Crippen molar-refractivity contribution in [3.8, 4) is 11.5 Å². The molecule has 9 nitrogen and oxygen atoms in total. The number of methoxy groups -OCH3 is 2. The third kappa shape index (κ3) is 5.05. The fraction of sp³-hybridized carbons (Fsp3) is 0.304. The van der Waals surface area contributed by atoms with Crippen molar-refractivity contribution in [2.45, 2.75) is 31.8 Å². The number of fused-ring (bicyclic) bond motifs is 1. The van der Waals surface area contributed by atoms with Crippen LogP contribution in [0.15, 0.2) is 49.2 Å². The molecule has 0 saturated heterocycles. The molecule has 0 bridgehead atoms. The summed E-state index contributed by atoms with van der Waals surface area (Å²) in [5, 5.41) is 16.1. The zero-order valence-corrected chi connectivity index (χ0v) is 18.4. The molecule has 2 aromatic heterocycles. The van der Waals surface area contributed by atoms with Crippen molar-refractivity contribution in [1.82, 2.24) is 15.0 Å². The maximum atomic E-state index is 12.0. The van der Waals surface area contributed by atoms with E-state index in [4.69, 9.17) is 9.47 Å². The lowest BCUT2D eigenvalue weighted by Crippen LogP contribution is -2.43. The summed E-state index contributed by atoms with van der Waals surface area (Å²) < 4.78 is 10.7.